The highest BCUT2D eigenvalue weighted by molar-refractivity contribution is 7.93. The third-order valence-corrected chi connectivity index (χ3v) is 7.77. The van der Waals surface area contributed by atoms with E-state index in [1.807, 2.05) is 6.07 Å². The Balaban J connectivity index is 1.89. The molecule has 0 aromatic heterocycles. The molecule has 1 N–H and O–H groups in total. The minimum Gasteiger partial charge on any atom is -0.389 e. The van der Waals surface area contributed by atoms with Crippen LogP contribution in [-0.2, 0) is 16.3 Å². The third kappa shape index (κ3) is 2.19. The van der Waals surface area contributed by atoms with Gasteiger partial charge < -0.3 is 5.11 Å². The van der Waals surface area contributed by atoms with Crippen molar-refractivity contribution in [3.8, 4) is 0 Å². The molecular formula is C16H22O3S. The van der Waals surface area contributed by atoms with Gasteiger partial charge in [0.1, 0.15) is 0 Å². The zero-order valence-electron chi connectivity index (χ0n) is 12.1. The van der Waals surface area contributed by atoms with Crippen molar-refractivity contribution in [2.45, 2.75) is 62.1 Å². The highest BCUT2D eigenvalue weighted by Crippen LogP contribution is 2.44. The second-order valence-corrected chi connectivity index (χ2v) is 9.10. The molecule has 2 bridgehead atoms. The van der Waals surface area contributed by atoms with E-state index < -0.39 is 15.4 Å². The fraction of sp³-hybridized carbons (Fsp3) is 0.625. The van der Waals surface area contributed by atoms with Crippen molar-refractivity contribution in [2.75, 3.05) is 0 Å². The summed E-state index contributed by atoms with van der Waals surface area (Å²) in [5.74, 6) is 0. The lowest BCUT2D eigenvalue weighted by molar-refractivity contribution is 0.0216. The molecule has 110 valence electrons. The zero-order valence-corrected chi connectivity index (χ0v) is 12.9. The number of fused-ring (bicyclic) bond motifs is 2. The van der Waals surface area contributed by atoms with Crippen LogP contribution in [0.3, 0.4) is 0 Å². The minimum absolute atomic E-state index is 0.324. The SMILES string of the molecule is Cc1cccc(C)c1CC1(O)CC2CCC(C1)S2(=O)=O. The van der Waals surface area contributed by atoms with Gasteiger partial charge in [0.2, 0.25) is 0 Å². The molecule has 0 radical (unpaired) electrons. The van der Waals surface area contributed by atoms with E-state index >= 15 is 0 Å². The molecule has 3 rings (SSSR count). The zero-order chi connectivity index (χ0) is 14.5. The molecule has 1 aromatic carbocycles. The van der Waals surface area contributed by atoms with E-state index in [0.717, 1.165) is 12.8 Å². The van der Waals surface area contributed by atoms with Crippen molar-refractivity contribution in [1.82, 2.24) is 0 Å². The van der Waals surface area contributed by atoms with Crippen molar-refractivity contribution in [1.29, 1.82) is 0 Å². The summed E-state index contributed by atoms with van der Waals surface area (Å²) in [6.07, 6.45) is 2.83. The molecule has 2 atom stereocenters. The van der Waals surface area contributed by atoms with Gasteiger partial charge in [-0.1, -0.05) is 18.2 Å². The quantitative estimate of drug-likeness (QED) is 0.910. The van der Waals surface area contributed by atoms with Crippen LogP contribution in [-0.4, -0.2) is 29.6 Å². The Hall–Kier alpha value is -0.870. The van der Waals surface area contributed by atoms with E-state index in [1.165, 1.54) is 16.7 Å². The van der Waals surface area contributed by atoms with Gasteiger partial charge in [-0.2, -0.15) is 0 Å². The Kier molecular flexibility index (Phi) is 3.22. The molecule has 3 nitrogen and oxygen atoms in total. The topological polar surface area (TPSA) is 54.4 Å². The molecule has 0 aliphatic carbocycles. The Labute approximate surface area is 120 Å². The average Bonchev–Trinajstić information content (AvgIpc) is 2.55. The van der Waals surface area contributed by atoms with Crippen LogP contribution in [0.15, 0.2) is 18.2 Å². The monoisotopic (exact) mass is 294 g/mol. The number of sulfone groups is 1. The lowest BCUT2D eigenvalue weighted by Crippen LogP contribution is -2.46. The number of hydrogen-bond donors (Lipinski definition) is 1. The summed E-state index contributed by atoms with van der Waals surface area (Å²) in [7, 11) is -2.97. The van der Waals surface area contributed by atoms with E-state index in [0.29, 0.717) is 19.3 Å². The van der Waals surface area contributed by atoms with Crippen molar-refractivity contribution >= 4 is 9.84 Å². The van der Waals surface area contributed by atoms with E-state index in [2.05, 4.69) is 26.0 Å². The van der Waals surface area contributed by atoms with Gasteiger partial charge in [0.25, 0.3) is 0 Å². The first kappa shape index (κ1) is 14.1. The van der Waals surface area contributed by atoms with Gasteiger partial charge >= 0.3 is 0 Å². The molecule has 4 heteroatoms. The van der Waals surface area contributed by atoms with Gasteiger partial charge in [0.15, 0.2) is 9.84 Å². The van der Waals surface area contributed by atoms with E-state index in [4.69, 9.17) is 0 Å². The molecule has 0 spiro atoms. The first-order chi connectivity index (χ1) is 9.32. The highest BCUT2D eigenvalue weighted by Gasteiger charge is 2.52. The van der Waals surface area contributed by atoms with Crippen LogP contribution in [0.2, 0.25) is 0 Å². The summed E-state index contributed by atoms with van der Waals surface area (Å²) in [5.41, 5.74) is 2.68. The predicted octanol–water partition coefficient (Wildman–Crippen LogP) is 2.32. The Morgan fingerprint density at radius 3 is 2.15 bits per heavy atom. The molecule has 20 heavy (non-hydrogen) atoms. The average molecular weight is 294 g/mol. The molecule has 2 aliphatic rings. The number of rotatable bonds is 2. The normalized spacial score (nSPS) is 35.1. The van der Waals surface area contributed by atoms with Crippen molar-refractivity contribution < 1.29 is 13.5 Å². The maximum absolute atomic E-state index is 12.1. The molecule has 2 heterocycles. The fourth-order valence-electron chi connectivity index (χ4n) is 3.94. The molecular weight excluding hydrogens is 272 g/mol. The highest BCUT2D eigenvalue weighted by atomic mass is 32.2. The van der Waals surface area contributed by atoms with Crippen LogP contribution in [0.4, 0.5) is 0 Å². The van der Waals surface area contributed by atoms with Crippen molar-refractivity contribution in [3.63, 3.8) is 0 Å². The summed E-state index contributed by atoms with van der Waals surface area (Å²) in [6.45, 7) is 4.11. The van der Waals surface area contributed by atoms with Crippen LogP contribution in [0.1, 0.15) is 42.4 Å². The summed E-state index contributed by atoms with van der Waals surface area (Å²) in [5, 5.41) is 10.3. The van der Waals surface area contributed by atoms with Gasteiger partial charge in [-0.05, 0) is 56.2 Å². The van der Waals surface area contributed by atoms with Gasteiger partial charge in [0.05, 0.1) is 16.1 Å². The molecule has 0 amide bonds. The Morgan fingerprint density at radius 1 is 1.15 bits per heavy atom. The minimum atomic E-state index is -2.97. The second kappa shape index (κ2) is 4.57. The fourth-order valence-corrected chi connectivity index (χ4v) is 6.50. The summed E-state index contributed by atoms with van der Waals surface area (Å²) in [6, 6.07) is 6.13. The predicted molar refractivity (Wildman–Crippen MR) is 79.5 cm³/mol. The van der Waals surface area contributed by atoms with E-state index in [-0.39, 0.29) is 10.5 Å². The molecule has 2 unspecified atom stereocenters. The molecule has 2 fully saturated rings. The van der Waals surface area contributed by atoms with Crippen LogP contribution < -0.4 is 0 Å². The first-order valence-electron chi connectivity index (χ1n) is 7.32. The van der Waals surface area contributed by atoms with Gasteiger partial charge in [-0.25, -0.2) is 8.42 Å². The lowest BCUT2D eigenvalue weighted by atomic mass is 9.84. The third-order valence-electron chi connectivity index (χ3n) is 5.11. The largest absolute Gasteiger partial charge is 0.389 e. The summed E-state index contributed by atoms with van der Waals surface area (Å²) in [4.78, 5) is 0. The molecule has 2 saturated heterocycles. The summed E-state index contributed by atoms with van der Waals surface area (Å²) < 4.78 is 24.3. The maximum atomic E-state index is 12.1. The number of aryl methyl sites for hydroxylation is 2. The van der Waals surface area contributed by atoms with Crippen LogP contribution in [0, 0.1) is 13.8 Å². The number of aliphatic hydroxyl groups is 1. The maximum Gasteiger partial charge on any atom is 0.156 e. The Morgan fingerprint density at radius 2 is 1.65 bits per heavy atom. The smallest absolute Gasteiger partial charge is 0.156 e. The van der Waals surface area contributed by atoms with Crippen molar-refractivity contribution in [3.05, 3.63) is 34.9 Å². The summed E-state index contributed by atoms with van der Waals surface area (Å²) >= 11 is 0. The van der Waals surface area contributed by atoms with Gasteiger partial charge in [-0.15, -0.1) is 0 Å². The molecule has 1 aromatic rings. The van der Waals surface area contributed by atoms with Crippen LogP contribution in [0.5, 0.6) is 0 Å². The number of benzene rings is 1. The number of hydrogen-bond acceptors (Lipinski definition) is 3. The lowest BCUT2D eigenvalue weighted by Gasteiger charge is -2.37. The van der Waals surface area contributed by atoms with E-state index in [9.17, 15) is 13.5 Å². The van der Waals surface area contributed by atoms with Crippen LogP contribution >= 0.6 is 0 Å². The first-order valence-corrected chi connectivity index (χ1v) is 8.93. The van der Waals surface area contributed by atoms with Crippen molar-refractivity contribution in [2.24, 2.45) is 0 Å². The van der Waals surface area contributed by atoms with Crippen LogP contribution in [0.25, 0.3) is 0 Å². The van der Waals surface area contributed by atoms with E-state index in [1.54, 1.807) is 0 Å². The molecule has 2 aliphatic heterocycles. The second-order valence-electron chi connectivity index (χ2n) is 6.59. The van der Waals surface area contributed by atoms with Gasteiger partial charge in [-0.3, -0.25) is 0 Å². The Bertz CT molecular complexity index is 593. The standard InChI is InChI=1S/C16H22O3S/c1-11-4-3-5-12(2)15(11)10-16(17)8-13-6-7-14(9-16)20(13,18)19/h3-5,13-14,17H,6-10H2,1-2H3. The van der Waals surface area contributed by atoms with Gasteiger partial charge in [0, 0.05) is 6.42 Å². The molecule has 0 saturated carbocycles.